The number of nitrogens with one attached hydrogen (secondary N) is 2. The zero-order valence-electron chi connectivity index (χ0n) is 16.9. The summed E-state index contributed by atoms with van der Waals surface area (Å²) in [4.78, 5) is 0. The molecule has 3 rings (SSSR count). The quantitative estimate of drug-likeness (QED) is 0.387. The Hall–Kier alpha value is -2.65. The summed E-state index contributed by atoms with van der Waals surface area (Å²) in [5, 5.41) is 41.8. The van der Waals surface area contributed by atoms with Gasteiger partial charge in [-0.2, -0.15) is 0 Å². The molecule has 8 heteroatoms. The second kappa shape index (κ2) is 10.9. The van der Waals surface area contributed by atoms with Crippen molar-refractivity contribution in [3.63, 3.8) is 0 Å². The molecule has 0 aliphatic carbocycles. The first-order chi connectivity index (χ1) is 14.2. The van der Waals surface area contributed by atoms with Crippen molar-refractivity contribution < 1.29 is 29.2 Å². The molecule has 162 valence electrons. The SMILES string of the molecule is CC(=N)OC(=N)c1ccc(-c2ccccc2)cc1F.C[C@H]1OC(CO)CC(O)C1O. The smallest absolute Gasteiger partial charge is 0.223 e. The van der Waals surface area contributed by atoms with Gasteiger partial charge in [0, 0.05) is 13.3 Å². The number of hydrogen-bond acceptors (Lipinski definition) is 7. The molecule has 1 aliphatic rings. The normalized spacial score (nSPS) is 23.1. The first-order valence-electron chi connectivity index (χ1n) is 9.52. The number of benzene rings is 2. The minimum atomic E-state index is -0.821. The third-order valence-corrected chi connectivity index (χ3v) is 4.57. The van der Waals surface area contributed by atoms with Gasteiger partial charge in [0.1, 0.15) is 11.9 Å². The molecule has 7 nitrogen and oxygen atoms in total. The molecule has 1 heterocycles. The molecule has 2 aromatic carbocycles. The van der Waals surface area contributed by atoms with Gasteiger partial charge in [0.25, 0.3) is 0 Å². The Kier molecular flexibility index (Phi) is 8.61. The summed E-state index contributed by atoms with van der Waals surface area (Å²) in [6, 6.07) is 14.0. The molecule has 0 radical (unpaired) electrons. The zero-order valence-corrected chi connectivity index (χ0v) is 16.9. The van der Waals surface area contributed by atoms with Crippen LogP contribution in [0, 0.1) is 16.6 Å². The first kappa shape index (κ1) is 23.6. The van der Waals surface area contributed by atoms with E-state index in [0.717, 1.165) is 11.1 Å². The molecule has 30 heavy (non-hydrogen) atoms. The van der Waals surface area contributed by atoms with Crippen LogP contribution in [0.15, 0.2) is 48.5 Å². The summed E-state index contributed by atoms with van der Waals surface area (Å²) < 4.78 is 23.9. The van der Waals surface area contributed by atoms with Gasteiger partial charge >= 0.3 is 0 Å². The Bertz CT molecular complexity index is 850. The Labute approximate surface area is 174 Å². The fourth-order valence-corrected chi connectivity index (χ4v) is 3.00. The van der Waals surface area contributed by atoms with Crippen LogP contribution in [0.25, 0.3) is 11.1 Å². The van der Waals surface area contributed by atoms with Crippen LogP contribution in [0.1, 0.15) is 25.8 Å². The predicted molar refractivity (Wildman–Crippen MR) is 111 cm³/mol. The molecule has 0 spiro atoms. The van der Waals surface area contributed by atoms with Gasteiger partial charge in [0.15, 0.2) is 5.90 Å². The average molecular weight is 418 g/mol. The highest BCUT2D eigenvalue weighted by Gasteiger charge is 2.33. The number of hydrogen-bond donors (Lipinski definition) is 5. The predicted octanol–water partition coefficient (Wildman–Crippen LogP) is 2.71. The van der Waals surface area contributed by atoms with Crippen LogP contribution in [0.2, 0.25) is 0 Å². The Balaban J connectivity index is 0.000000248. The molecular weight excluding hydrogens is 391 g/mol. The molecule has 1 aliphatic heterocycles. The van der Waals surface area contributed by atoms with Crippen LogP contribution in [0.4, 0.5) is 4.39 Å². The molecule has 0 amide bonds. The summed E-state index contributed by atoms with van der Waals surface area (Å²) in [7, 11) is 0. The summed E-state index contributed by atoms with van der Waals surface area (Å²) in [6.45, 7) is 2.97. The van der Waals surface area contributed by atoms with Crippen LogP contribution in [0.3, 0.4) is 0 Å². The molecule has 3 unspecified atom stereocenters. The second-order valence-corrected chi connectivity index (χ2v) is 6.99. The van der Waals surface area contributed by atoms with Gasteiger partial charge in [-0.25, -0.2) is 4.39 Å². The first-order valence-corrected chi connectivity index (χ1v) is 9.52. The highest BCUT2D eigenvalue weighted by atomic mass is 19.1. The van der Waals surface area contributed by atoms with Crippen molar-refractivity contribution in [2.24, 2.45) is 0 Å². The molecular formula is C22H27FN2O5. The molecule has 0 saturated carbocycles. The van der Waals surface area contributed by atoms with Gasteiger partial charge < -0.3 is 24.8 Å². The molecule has 0 bridgehead atoms. The van der Waals surface area contributed by atoms with E-state index in [-0.39, 0.29) is 30.1 Å². The lowest BCUT2D eigenvalue weighted by Crippen LogP contribution is -2.47. The zero-order chi connectivity index (χ0) is 22.3. The van der Waals surface area contributed by atoms with Crippen molar-refractivity contribution in [2.45, 2.75) is 44.7 Å². The lowest BCUT2D eigenvalue weighted by Gasteiger charge is -2.34. The number of aliphatic hydroxyl groups is 3. The summed E-state index contributed by atoms with van der Waals surface area (Å²) in [5.74, 6) is -1.03. The van der Waals surface area contributed by atoms with E-state index in [0.29, 0.717) is 6.42 Å². The monoisotopic (exact) mass is 418 g/mol. The maximum atomic E-state index is 13.9. The number of ether oxygens (including phenoxy) is 2. The van der Waals surface area contributed by atoms with E-state index in [1.807, 2.05) is 30.3 Å². The van der Waals surface area contributed by atoms with Crippen LogP contribution in [-0.4, -0.2) is 58.1 Å². The van der Waals surface area contributed by atoms with Gasteiger partial charge in [-0.1, -0.05) is 36.4 Å². The molecule has 1 fully saturated rings. The lowest BCUT2D eigenvalue weighted by molar-refractivity contribution is -0.170. The Morgan fingerprint density at radius 1 is 1.13 bits per heavy atom. The summed E-state index contributed by atoms with van der Waals surface area (Å²) >= 11 is 0. The van der Waals surface area contributed by atoms with Crippen molar-refractivity contribution in [2.75, 3.05) is 6.61 Å². The van der Waals surface area contributed by atoms with E-state index < -0.39 is 24.1 Å². The van der Waals surface area contributed by atoms with Crippen LogP contribution in [-0.2, 0) is 9.47 Å². The van der Waals surface area contributed by atoms with E-state index in [2.05, 4.69) is 0 Å². The van der Waals surface area contributed by atoms with Crippen LogP contribution < -0.4 is 0 Å². The standard InChI is InChI=1S/C15H13FN2O.C7H14O4/c1-10(17)19-15(18)13-8-7-12(9-14(13)16)11-5-3-2-4-6-11;1-4-7(10)6(9)2-5(3-8)11-4/h2-9,17-18H,1H3;4-10H,2-3H2,1H3/t;4-,5?,6?,7?/m.1/s1. The summed E-state index contributed by atoms with van der Waals surface area (Å²) in [6.07, 6.45) is -2.00. The summed E-state index contributed by atoms with van der Waals surface area (Å²) in [5.41, 5.74) is 1.69. The Morgan fingerprint density at radius 2 is 1.80 bits per heavy atom. The van der Waals surface area contributed by atoms with E-state index >= 15 is 0 Å². The third-order valence-electron chi connectivity index (χ3n) is 4.57. The maximum absolute atomic E-state index is 13.9. The molecule has 5 N–H and O–H groups in total. The van der Waals surface area contributed by atoms with E-state index in [1.165, 1.54) is 19.1 Å². The van der Waals surface area contributed by atoms with Crippen molar-refractivity contribution >= 4 is 11.8 Å². The van der Waals surface area contributed by atoms with Crippen molar-refractivity contribution in [1.29, 1.82) is 10.8 Å². The topological polar surface area (TPSA) is 127 Å². The van der Waals surface area contributed by atoms with E-state index in [9.17, 15) is 14.6 Å². The molecule has 2 aromatic rings. The lowest BCUT2D eigenvalue weighted by atomic mass is 9.99. The number of rotatable bonds is 3. The maximum Gasteiger partial charge on any atom is 0.223 e. The fourth-order valence-electron chi connectivity index (χ4n) is 3.00. The second-order valence-electron chi connectivity index (χ2n) is 6.99. The van der Waals surface area contributed by atoms with Gasteiger partial charge in [0.05, 0.1) is 30.5 Å². The van der Waals surface area contributed by atoms with Crippen LogP contribution in [0.5, 0.6) is 0 Å². The van der Waals surface area contributed by atoms with Gasteiger partial charge in [-0.3, -0.25) is 10.8 Å². The van der Waals surface area contributed by atoms with Gasteiger partial charge in [0.2, 0.25) is 5.90 Å². The van der Waals surface area contributed by atoms with E-state index in [1.54, 1.807) is 13.0 Å². The average Bonchev–Trinajstić information content (AvgIpc) is 2.72. The molecule has 4 atom stereocenters. The number of aliphatic hydroxyl groups excluding tert-OH is 3. The van der Waals surface area contributed by atoms with Crippen molar-refractivity contribution in [1.82, 2.24) is 0 Å². The fraction of sp³-hybridized carbons (Fsp3) is 0.364. The van der Waals surface area contributed by atoms with Gasteiger partial charge in [-0.15, -0.1) is 0 Å². The Morgan fingerprint density at radius 3 is 2.33 bits per heavy atom. The highest BCUT2D eigenvalue weighted by Crippen LogP contribution is 2.22. The minimum Gasteiger partial charge on any atom is -0.425 e. The van der Waals surface area contributed by atoms with Crippen LogP contribution >= 0.6 is 0 Å². The largest absolute Gasteiger partial charge is 0.425 e. The number of halogens is 1. The highest BCUT2D eigenvalue weighted by molar-refractivity contribution is 5.99. The van der Waals surface area contributed by atoms with Crippen molar-refractivity contribution in [3.8, 4) is 11.1 Å². The third kappa shape index (κ3) is 6.43. The molecule has 0 aromatic heterocycles. The van der Waals surface area contributed by atoms with Gasteiger partial charge in [-0.05, 0) is 30.2 Å². The minimum absolute atomic E-state index is 0.0475. The van der Waals surface area contributed by atoms with Crippen molar-refractivity contribution in [3.05, 3.63) is 59.9 Å². The molecule has 1 saturated heterocycles. The van der Waals surface area contributed by atoms with E-state index in [4.69, 9.17) is 25.4 Å².